The molecule has 25 heavy (non-hydrogen) atoms. The zero-order valence-electron chi connectivity index (χ0n) is 14.4. The van der Waals surface area contributed by atoms with Crippen LogP contribution in [-0.2, 0) is 10.0 Å². The minimum Gasteiger partial charge on any atom is -0.366 e. The van der Waals surface area contributed by atoms with E-state index in [4.69, 9.17) is 0 Å². The molecule has 0 amide bonds. The molecule has 1 unspecified atom stereocenters. The molecule has 0 radical (unpaired) electrons. The van der Waals surface area contributed by atoms with E-state index in [1.54, 1.807) is 18.2 Å². The van der Waals surface area contributed by atoms with Crippen molar-refractivity contribution in [1.82, 2.24) is 4.31 Å². The Hall–Kier alpha value is -2.18. The van der Waals surface area contributed by atoms with Crippen molar-refractivity contribution in [2.45, 2.75) is 24.8 Å². The summed E-state index contributed by atoms with van der Waals surface area (Å²) in [6.45, 7) is 4.94. The van der Waals surface area contributed by atoms with Crippen LogP contribution in [0.1, 0.15) is 24.2 Å². The quantitative estimate of drug-likeness (QED) is 0.789. The highest BCUT2D eigenvalue weighted by molar-refractivity contribution is 7.89. The Balaban J connectivity index is 1.81. The first-order valence-electron chi connectivity index (χ1n) is 8.32. The van der Waals surface area contributed by atoms with E-state index in [1.165, 1.54) is 17.3 Å². The summed E-state index contributed by atoms with van der Waals surface area (Å²) in [5.74, 6) is -0.140. The van der Waals surface area contributed by atoms with Gasteiger partial charge in [-0.2, -0.15) is 4.31 Å². The number of carbonyl (C=O) groups is 1. The summed E-state index contributed by atoms with van der Waals surface area (Å²) >= 11 is 0. The van der Waals surface area contributed by atoms with Crippen LogP contribution in [0.15, 0.2) is 59.5 Å². The van der Waals surface area contributed by atoms with Crippen LogP contribution in [0.25, 0.3) is 0 Å². The smallest absolute Gasteiger partial charge is 0.243 e. The SMILES string of the molecule is CC(=O)c1cccc(S(=O)(=O)N2CCN(c3ccccc3)C(C)C2)c1. The van der Waals surface area contributed by atoms with Crippen molar-refractivity contribution >= 4 is 21.5 Å². The average molecular weight is 358 g/mol. The maximum atomic E-state index is 12.9. The second-order valence-corrected chi connectivity index (χ2v) is 8.26. The van der Waals surface area contributed by atoms with Gasteiger partial charge >= 0.3 is 0 Å². The molecule has 1 heterocycles. The fourth-order valence-corrected chi connectivity index (χ4v) is 4.73. The standard InChI is InChI=1S/C19H22N2O3S/c1-15-14-20(11-12-21(15)18-8-4-3-5-9-18)25(23,24)19-10-6-7-17(13-19)16(2)22/h3-10,13,15H,11-12,14H2,1-2H3. The third-order valence-electron chi connectivity index (χ3n) is 4.56. The van der Waals surface area contributed by atoms with E-state index >= 15 is 0 Å². The van der Waals surface area contributed by atoms with Crippen molar-refractivity contribution in [3.8, 4) is 0 Å². The van der Waals surface area contributed by atoms with E-state index in [-0.39, 0.29) is 16.7 Å². The molecular formula is C19H22N2O3S. The summed E-state index contributed by atoms with van der Waals surface area (Å²) in [5, 5.41) is 0. The number of rotatable bonds is 4. The third-order valence-corrected chi connectivity index (χ3v) is 6.42. The Kier molecular flexibility index (Phi) is 4.92. The molecule has 1 saturated heterocycles. The minimum atomic E-state index is -3.60. The Morgan fingerprint density at radius 1 is 1.04 bits per heavy atom. The first kappa shape index (κ1) is 17.6. The van der Waals surface area contributed by atoms with Crippen LogP contribution in [0.2, 0.25) is 0 Å². The number of ketones is 1. The zero-order valence-corrected chi connectivity index (χ0v) is 15.2. The van der Waals surface area contributed by atoms with E-state index in [1.807, 2.05) is 37.3 Å². The molecule has 0 saturated carbocycles. The number of nitrogens with zero attached hydrogens (tertiary/aromatic N) is 2. The van der Waals surface area contributed by atoms with Gasteiger partial charge in [-0.1, -0.05) is 30.3 Å². The molecule has 6 heteroatoms. The molecule has 1 aliphatic heterocycles. The molecule has 1 fully saturated rings. The van der Waals surface area contributed by atoms with E-state index in [0.29, 0.717) is 25.2 Å². The highest BCUT2D eigenvalue weighted by atomic mass is 32.2. The van der Waals surface area contributed by atoms with E-state index < -0.39 is 10.0 Å². The summed E-state index contributed by atoms with van der Waals surface area (Å²) in [5.41, 5.74) is 1.52. The summed E-state index contributed by atoms with van der Waals surface area (Å²) in [7, 11) is -3.60. The van der Waals surface area contributed by atoms with Crippen molar-refractivity contribution in [2.75, 3.05) is 24.5 Å². The summed E-state index contributed by atoms with van der Waals surface area (Å²) < 4.78 is 27.4. The van der Waals surface area contributed by atoms with Crippen molar-refractivity contribution < 1.29 is 13.2 Å². The maximum Gasteiger partial charge on any atom is 0.243 e. The number of Topliss-reactive ketones (excluding diaryl/α,β-unsaturated/α-hetero) is 1. The Bertz CT molecular complexity index is 865. The Labute approximate surface area is 148 Å². The van der Waals surface area contributed by atoms with Gasteiger partial charge in [0.1, 0.15) is 0 Å². The van der Waals surface area contributed by atoms with Crippen molar-refractivity contribution in [1.29, 1.82) is 0 Å². The van der Waals surface area contributed by atoms with E-state index in [9.17, 15) is 13.2 Å². The van der Waals surface area contributed by atoms with Crippen molar-refractivity contribution in [3.05, 3.63) is 60.2 Å². The number of hydrogen-bond acceptors (Lipinski definition) is 4. The Morgan fingerprint density at radius 3 is 2.40 bits per heavy atom. The topological polar surface area (TPSA) is 57.7 Å². The predicted octanol–water partition coefficient (Wildman–Crippen LogP) is 2.79. The number of para-hydroxylation sites is 1. The fraction of sp³-hybridized carbons (Fsp3) is 0.316. The van der Waals surface area contributed by atoms with Crippen LogP contribution in [0.4, 0.5) is 5.69 Å². The highest BCUT2D eigenvalue weighted by Gasteiger charge is 2.32. The molecule has 1 atom stereocenters. The van der Waals surface area contributed by atoms with E-state index in [2.05, 4.69) is 4.90 Å². The van der Waals surface area contributed by atoms with Crippen molar-refractivity contribution in [2.24, 2.45) is 0 Å². The van der Waals surface area contributed by atoms with Crippen LogP contribution >= 0.6 is 0 Å². The lowest BCUT2D eigenvalue weighted by molar-refractivity contribution is 0.101. The maximum absolute atomic E-state index is 12.9. The van der Waals surface area contributed by atoms with Gasteiger partial charge < -0.3 is 4.90 Å². The zero-order chi connectivity index (χ0) is 18.0. The van der Waals surface area contributed by atoms with Gasteiger partial charge in [0.15, 0.2) is 5.78 Å². The summed E-state index contributed by atoms with van der Waals surface area (Å²) in [4.78, 5) is 13.9. The lowest BCUT2D eigenvalue weighted by Crippen LogP contribution is -2.53. The van der Waals surface area contributed by atoms with E-state index in [0.717, 1.165) is 5.69 Å². The van der Waals surface area contributed by atoms with Gasteiger partial charge in [0, 0.05) is 36.9 Å². The molecular weight excluding hydrogens is 336 g/mol. The fourth-order valence-electron chi connectivity index (χ4n) is 3.17. The largest absolute Gasteiger partial charge is 0.366 e. The van der Waals surface area contributed by atoms with Gasteiger partial charge in [-0.25, -0.2) is 8.42 Å². The summed E-state index contributed by atoms with van der Waals surface area (Å²) in [6.07, 6.45) is 0. The minimum absolute atomic E-state index is 0.0712. The number of carbonyl (C=O) groups excluding carboxylic acids is 1. The van der Waals surface area contributed by atoms with Gasteiger partial charge in [-0.15, -0.1) is 0 Å². The highest BCUT2D eigenvalue weighted by Crippen LogP contribution is 2.24. The number of hydrogen-bond donors (Lipinski definition) is 0. The second kappa shape index (κ2) is 6.98. The first-order chi connectivity index (χ1) is 11.9. The first-order valence-corrected chi connectivity index (χ1v) is 9.76. The van der Waals surface area contributed by atoms with Gasteiger partial charge in [0.25, 0.3) is 0 Å². The van der Waals surface area contributed by atoms with Gasteiger partial charge in [0.05, 0.1) is 4.90 Å². The van der Waals surface area contributed by atoms with Crippen LogP contribution < -0.4 is 4.90 Å². The molecule has 2 aromatic rings. The second-order valence-electron chi connectivity index (χ2n) is 6.33. The van der Waals surface area contributed by atoms with Crippen LogP contribution in [-0.4, -0.2) is 44.2 Å². The molecule has 1 aliphatic rings. The van der Waals surface area contributed by atoms with Gasteiger partial charge in [0.2, 0.25) is 10.0 Å². The molecule has 0 aliphatic carbocycles. The van der Waals surface area contributed by atoms with Crippen LogP contribution in [0, 0.1) is 0 Å². The molecule has 0 N–H and O–H groups in total. The lowest BCUT2D eigenvalue weighted by Gasteiger charge is -2.40. The predicted molar refractivity (Wildman–Crippen MR) is 98.5 cm³/mol. The molecule has 0 aromatic heterocycles. The number of sulfonamides is 1. The normalized spacial score (nSPS) is 19.0. The van der Waals surface area contributed by atoms with Gasteiger partial charge in [-0.3, -0.25) is 4.79 Å². The molecule has 5 nitrogen and oxygen atoms in total. The van der Waals surface area contributed by atoms with Crippen LogP contribution in [0.5, 0.6) is 0 Å². The summed E-state index contributed by atoms with van der Waals surface area (Å²) in [6, 6.07) is 16.4. The average Bonchev–Trinajstić information content (AvgIpc) is 2.62. The van der Waals surface area contributed by atoms with Crippen molar-refractivity contribution in [3.63, 3.8) is 0 Å². The molecule has 3 rings (SSSR count). The Morgan fingerprint density at radius 2 is 1.76 bits per heavy atom. The molecule has 0 bridgehead atoms. The number of benzene rings is 2. The number of anilines is 1. The lowest BCUT2D eigenvalue weighted by atomic mass is 10.2. The molecule has 2 aromatic carbocycles. The third kappa shape index (κ3) is 3.60. The molecule has 0 spiro atoms. The molecule has 132 valence electrons. The van der Waals surface area contributed by atoms with Crippen LogP contribution in [0.3, 0.4) is 0 Å². The van der Waals surface area contributed by atoms with Gasteiger partial charge in [-0.05, 0) is 38.1 Å². The monoisotopic (exact) mass is 358 g/mol. The number of piperazine rings is 1.